The molecular formula is C23H23FN6O. The van der Waals surface area contributed by atoms with Crippen LogP contribution in [0, 0.1) is 5.82 Å². The summed E-state index contributed by atoms with van der Waals surface area (Å²) in [7, 11) is 1.54. The first kappa shape index (κ1) is 20.5. The van der Waals surface area contributed by atoms with Crippen LogP contribution in [0.4, 0.5) is 16.2 Å². The van der Waals surface area contributed by atoms with Crippen LogP contribution in [0.25, 0.3) is 11.3 Å². The van der Waals surface area contributed by atoms with Crippen LogP contribution in [0.3, 0.4) is 0 Å². The van der Waals surface area contributed by atoms with Gasteiger partial charge in [-0.05, 0) is 43.7 Å². The number of benzene rings is 1. The van der Waals surface area contributed by atoms with E-state index in [0.29, 0.717) is 23.9 Å². The number of anilines is 2. The van der Waals surface area contributed by atoms with Crippen LogP contribution in [0.5, 0.6) is 5.75 Å². The minimum atomic E-state index is -0.288. The number of ether oxygens (including phenoxy) is 1. The van der Waals surface area contributed by atoms with E-state index < -0.39 is 0 Å². The lowest BCUT2D eigenvalue weighted by Crippen LogP contribution is -2.13. The van der Waals surface area contributed by atoms with Crippen LogP contribution in [0.1, 0.15) is 37.1 Å². The third kappa shape index (κ3) is 4.37. The van der Waals surface area contributed by atoms with Crippen molar-refractivity contribution in [2.75, 3.05) is 18.2 Å². The maximum absolute atomic E-state index is 13.4. The van der Waals surface area contributed by atoms with Crippen molar-refractivity contribution < 1.29 is 9.13 Å². The van der Waals surface area contributed by atoms with E-state index in [4.69, 9.17) is 15.5 Å². The van der Waals surface area contributed by atoms with Gasteiger partial charge < -0.3 is 15.8 Å². The van der Waals surface area contributed by atoms with E-state index >= 15 is 0 Å². The summed E-state index contributed by atoms with van der Waals surface area (Å²) in [5.74, 6) is 1.03. The van der Waals surface area contributed by atoms with Crippen LogP contribution in [0.15, 0.2) is 53.8 Å². The summed E-state index contributed by atoms with van der Waals surface area (Å²) in [6, 6.07) is 10.2. The van der Waals surface area contributed by atoms with Crippen molar-refractivity contribution in [3.63, 3.8) is 0 Å². The Morgan fingerprint density at radius 3 is 2.58 bits per heavy atom. The zero-order chi connectivity index (χ0) is 22.0. The number of hydrogen-bond acceptors (Lipinski definition) is 7. The first-order valence-corrected chi connectivity index (χ1v) is 9.91. The van der Waals surface area contributed by atoms with Crippen LogP contribution in [-0.2, 0) is 0 Å². The molecule has 0 saturated carbocycles. The Kier molecular flexibility index (Phi) is 5.62. The molecule has 3 heterocycles. The number of nitrogens with two attached hydrogens (primary N) is 1. The van der Waals surface area contributed by atoms with Crippen molar-refractivity contribution in [2.45, 2.75) is 26.3 Å². The van der Waals surface area contributed by atoms with E-state index in [0.717, 1.165) is 33.8 Å². The Morgan fingerprint density at radius 1 is 1.10 bits per heavy atom. The van der Waals surface area contributed by atoms with Crippen molar-refractivity contribution in [2.24, 2.45) is 4.99 Å². The maximum Gasteiger partial charge on any atom is 0.223 e. The van der Waals surface area contributed by atoms with E-state index in [1.54, 1.807) is 31.6 Å². The molecule has 0 spiro atoms. The Labute approximate surface area is 179 Å². The average molecular weight is 418 g/mol. The van der Waals surface area contributed by atoms with Crippen molar-refractivity contribution in [3.8, 4) is 5.75 Å². The van der Waals surface area contributed by atoms with Gasteiger partial charge in [0.15, 0.2) is 11.6 Å². The van der Waals surface area contributed by atoms with E-state index in [9.17, 15) is 4.39 Å². The fourth-order valence-electron chi connectivity index (χ4n) is 3.36. The van der Waals surface area contributed by atoms with Crippen LogP contribution < -0.4 is 15.8 Å². The van der Waals surface area contributed by atoms with E-state index in [1.165, 1.54) is 12.1 Å². The second-order valence-corrected chi connectivity index (χ2v) is 7.45. The molecule has 7 nitrogen and oxygen atoms in total. The van der Waals surface area contributed by atoms with Gasteiger partial charge in [0.2, 0.25) is 5.95 Å². The van der Waals surface area contributed by atoms with Crippen molar-refractivity contribution in [1.29, 1.82) is 0 Å². The van der Waals surface area contributed by atoms with Crippen LogP contribution in [0.2, 0.25) is 0 Å². The SMILES string of the molecule is COc1cc(C2=C(c3ccnc(NC(C)C)n3)CC(c3ccc(F)cc3)=N2)cnc1N. The van der Waals surface area contributed by atoms with Crippen LogP contribution in [-0.4, -0.2) is 33.8 Å². The van der Waals surface area contributed by atoms with Gasteiger partial charge in [0.25, 0.3) is 0 Å². The topological polar surface area (TPSA) is 98.3 Å². The van der Waals surface area contributed by atoms with E-state index in [2.05, 4.69) is 20.3 Å². The Morgan fingerprint density at radius 2 is 1.87 bits per heavy atom. The number of nitrogen functional groups attached to an aromatic ring is 1. The third-order valence-corrected chi connectivity index (χ3v) is 4.81. The molecule has 0 unspecified atom stereocenters. The van der Waals surface area contributed by atoms with Gasteiger partial charge in [-0.25, -0.2) is 19.3 Å². The van der Waals surface area contributed by atoms with Crippen molar-refractivity contribution >= 4 is 28.7 Å². The van der Waals surface area contributed by atoms with E-state index in [-0.39, 0.29) is 11.9 Å². The molecule has 1 aliphatic heterocycles. The number of nitrogens with zero attached hydrogens (tertiary/aromatic N) is 4. The van der Waals surface area contributed by atoms with Gasteiger partial charge in [0.1, 0.15) is 5.82 Å². The summed E-state index contributed by atoms with van der Waals surface area (Å²) in [6.45, 7) is 4.05. The molecule has 0 fully saturated rings. The molecule has 158 valence electrons. The molecular weight excluding hydrogens is 395 g/mol. The largest absolute Gasteiger partial charge is 0.493 e. The number of rotatable bonds is 6. The second-order valence-electron chi connectivity index (χ2n) is 7.45. The summed E-state index contributed by atoms with van der Waals surface area (Å²) in [5.41, 5.74) is 10.7. The van der Waals surface area contributed by atoms with Gasteiger partial charge in [-0.1, -0.05) is 12.1 Å². The minimum Gasteiger partial charge on any atom is -0.493 e. The number of nitrogens with one attached hydrogen (secondary N) is 1. The lowest BCUT2D eigenvalue weighted by Gasteiger charge is -2.11. The standard InChI is InChI=1S/C23H23FN6O/c1-13(2)28-23-26-9-8-18(30-23)17-11-19(14-4-6-16(24)7-5-14)29-21(17)15-10-20(31-3)22(25)27-12-15/h4-10,12-13H,11H2,1-3H3,(H2,25,27)(H,26,28,30). The molecule has 1 aliphatic rings. The molecule has 1 aromatic carbocycles. The highest BCUT2D eigenvalue weighted by molar-refractivity contribution is 6.16. The normalized spacial score (nSPS) is 13.5. The summed E-state index contributed by atoms with van der Waals surface area (Å²) in [5, 5.41) is 3.23. The number of halogens is 1. The molecule has 0 saturated heterocycles. The average Bonchev–Trinajstić information content (AvgIpc) is 3.20. The van der Waals surface area contributed by atoms with E-state index in [1.807, 2.05) is 26.0 Å². The van der Waals surface area contributed by atoms with Gasteiger partial charge in [-0.15, -0.1) is 0 Å². The molecule has 0 bridgehead atoms. The van der Waals surface area contributed by atoms with Crippen molar-refractivity contribution in [1.82, 2.24) is 15.0 Å². The molecule has 4 rings (SSSR count). The number of methoxy groups -OCH3 is 1. The predicted molar refractivity (Wildman–Crippen MR) is 120 cm³/mol. The molecule has 2 aromatic heterocycles. The number of hydrogen-bond donors (Lipinski definition) is 2. The number of pyridine rings is 1. The highest BCUT2D eigenvalue weighted by atomic mass is 19.1. The number of aromatic nitrogens is 3. The Balaban J connectivity index is 1.81. The number of allylic oxidation sites excluding steroid dienone is 1. The maximum atomic E-state index is 13.4. The highest BCUT2D eigenvalue weighted by Gasteiger charge is 2.24. The molecule has 0 atom stereocenters. The Hall–Kier alpha value is -3.81. The monoisotopic (exact) mass is 418 g/mol. The van der Waals surface area contributed by atoms with Gasteiger partial charge in [0, 0.05) is 36.0 Å². The molecule has 0 radical (unpaired) electrons. The fraction of sp³-hybridized carbons (Fsp3) is 0.217. The summed E-state index contributed by atoms with van der Waals surface area (Å²) >= 11 is 0. The minimum absolute atomic E-state index is 0.198. The molecule has 3 N–H and O–H groups in total. The lowest BCUT2D eigenvalue weighted by atomic mass is 10.00. The zero-order valence-corrected chi connectivity index (χ0v) is 17.6. The Bertz CT molecular complexity index is 1170. The van der Waals surface area contributed by atoms with Gasteiger partial charge >= 0.3 is 0 Å². The summed E-state index contributed by atoms with van der Waals surface area (Å²) in [6.07, 6.45) is 3.92. The first-order valence-electron chi connectivity index (χ1n) is 9.91. The quantitative estimate of drug-likeness (QED) is 0.623. The zero-order valence-electron chi connectivity index (χ0n) is 17.6. The molecule has 3 aromatic rings. The first-order chi connectivity index (χ1) is 14.9. The lowest BCUT2D eigenvalue weighted by molar-refractivity contribution is 0.415. The van der Waals surface area contributed by atoms with Gasteiger partial charge in [-0.2, -0.15) is 0 Å². The third-order valence-electron chi connectivity index (χ3n) is 4.81. The summed E-state index contributed by atoms with van der Waals surface area (Å²) < 4.78 is 18.8. The van der Waals surface area contributed by atoms with Gasteiger partial charge in [0.05, 0.1) is 24.2 Å². The fourth-order valence-corrected chi connectivity index (χ4v) is 3.36. The van der Waals surface area contributed by atoms with Crippen LogP contribution >= 0.6 is 0 Å². The molecule has 0 aliphatic carbocycles. The highest BCUT2D eigenvalue weighted by Crippen LogP contribution is 2.38. The van der Waals surface area contributed by atoms with Crippen molar-refractivity contribution in [3.05, 3.63) is 71.4 Å². The smallest absolute Gasteiger partial charge is 0.223 e. The number of aliphatic imine (C=N–C) groups is 1. The molecule has 8 heteroatoms. The predicted octanol–water partition coefficient (Wildman–Crippen LogP) is 4.18. The molecule has 31 heavy (non-hydrogen) atoms. The summed E-state index contributed by atoms with van der Waals surface area (Å²) in [4.78, 5) is 18.1. The second kappa shape index (κ2) is 8.51. The molecule has 0 amide bonds. The van der Waals surface area contributed by atoms with Gasteiger partial charge in [-0.3, -0.25) is 4.99 Å².